The van der Waals surface area contributed by atoms with E-state index in [2.05, 4.69) is 4.98 Å². The lowest BCUT2D eigenvalue weighted by Crippen LogP contribution is -2.47. The van der Waals surface area contributed by atoms with Crippen LogP contribution in [-0.4, -0.2) is 47.2 Å². The van der Waals surface area contributed by atoms with Crippen molar-refractivity contribution in [2.75, 3.05) is 19.7 Å². The standard InChI is InChI=1S/C22H27ClN2O4/c1-5-28-20(26)18-13-25(21(27)29-22(2,3)4)11-9-16(18)15-8-10-24-19-12-14(23)6-7-17(15)19/h6-8,10,12,16,18H,5,9,11,13H2,1-4H3. The molecular formula is C22H27ClN2O4. The maximum Gasteiger partial charge on any atom is 0.410 e. The van der Waals surface area contributed by atoms with Gasteiger partial charge in [-0.15, -0.1) is 0 Å². The minimum Gasteiger partial charge on any atom is -0.466 e. The number of halogens is 1. The van der Waals surface area contributed by atoms with E-state index in [0.29, 0.717) is 24.6 Å². The predicted molar refractivity (Wildman–Crippen MR) is 112 cm³/mol. The second-order valence-electron chi connectivity index (χ2n) is 8.24. The molecule has 0 bridgehead atoms. The van der Waals surface area contributed by atoms with Gasteiger partial charge in [-0.1, -0.05) is 17.7 Å². The number of amides is 1. The number of pyridine rings is 1. The number of fused-ring (bicyclic) bond motifs is 1. The molecule has 0 N–H and O–H groups in total. The van der Waals surface area contributed by atoms with Gasteiger partial charge in [0.15, 0.2) is 0 Å². The number of carbonyl (C=O) groups is 2. The van der Waals surface area contributed by atoms with Crippen LogP contribution in [0.15, 0.2) is 30.5 Å². The fraction of sp³-hybridized carbons (Fsp3) is 0.500. The summed E-state index contributed by atoms with van der Waals surface area (Å²) in [5.41, 5.74) is 1.22. The Morgan fingerprint density at radius 3 is 2.72 bits per heavy atom. The Morgan fingerprint density at radius 2 is 2.03 bits per heavy atom. The van der Waals surface area contributed by atoms with E-state index in [1.807, 2.05) is 45.0 Å². The van der Waals surface area contributed by atoms with Crippen molar-refractivity contribution in [1.82, 2.24) is 9.88 Å². The summed E-state index contributed by atoms with van der Waals surface area (Å²) in [6.07, 6.45) is 1.96. The monoisotopic (exact) mass is 418 g/mol. The van der Waals surface area contributed by atoms with Gasteiger partial charge in [-0.3, -0.25) is 9.78 Å². The number of likely N-dealkylation sites (tertiary alicyclic amines) is 1. The van der Waals surface area contributed by atoms with E-state index in [0.717, 1.165) is 16.5 Å². The Labute approximate surface area is 176 Å². The van der Waals surface area contributed by atoms with E-state index in [-0.39, 0.29) is 18.4 Å². The van der Waals surface area contributed by atoms with Gasteiger partial charge in [-0.25, -0.2) is 4.79 Å². The number of esters is 1. The Morgan fingerprint density at radius 1 is 1.28 bits per heavy atom. The fourth-order valence-corrected chi connectivity index (χ4v) is 3.94. The predicted octanol–water partition coefficient (Wildman–Crippen LogP) is 4.79. The Kier molecular flexibility index (Phi) is 6.32. The van der Waals surface area contributed by atoms with E-state index in [1.165, 1.54) is 0 Å². The molecule has 0 saturated carbocycles. The summed E-state index contributed by atoms with van der Waals surface area (Å²) in [5, 5.41) is 1.57. The number of hydrogen-bond acceptors (Lipinski definition) is 5. The molecule has 2 atom stereocenters. The van der Waals surface area contributed by atoms with E-state index < -0.39 is 17.6 Å². The second kappa shape index (κ2) is 8.57. The minimum atomic E-state index is -0.589. The third kappa shape index (κ3) is 4.99. The zero-order chi connectivity index (χ0) is 21.2. The number of ether oxygens (including phenoxy) is 2. The molecule has 1 aliphatic rings. The highest BCUT2D eigenvalue weighted by molar-refractivity contribution is 6.31. The van der Waals surface area contributed by atoms with Crippen molar-refractivity contribution < 1.29 is 19.1 Å². The maximum absolute atomic E-state index is 12.8. The smallest absolute Gasteiger partial charge is 0.410 e. The maximum atomic E-state index is 12.8. The lowest BCUT2D eigenvalue weighted by molar-refractivity contribution is -0.150. The Bertz CT molecular complexity index is 909. The number of nitrogens with zero attached hydrogens (tertiary/aromatic N) is 2. The molecule has 1 saturated heterocycles. The highest BCUT2D eigenvalue weighted by Crippen LogP contribution is 2.38. The molecule has 6 nitrogen and oxygen atoms in total. The number of rotatable bonds is 3. The molecule has 0 aliphatic carbocycles. The molecule has 2 aromatic rings. The molecule has 2 unspecified atom stereocenters. The van der Waals surface area contributed by atoms with Crippen molar-refractivity contribution in [3.8, 4) is 0 Å². The van der Waals surface area contributed by atoms with Crippen molar-refractivity contribution in [2.45, 2.75) is 45.6 Å². The molecule has 1 fully saturated rings. The average Bonchev–Trinajstić information content (AvgIpc) is 2.65. The molecule has 1 aliphatic heterocycles. The molecular weight excluding hydrogens is 392 g/mol. The van der Waals surface area contributed by atoms with Crippen molar-refractivity contribution >= 4 is 34.6 Å². The summed E-state index contributed by atoms with van der Waals surface area (Å²) >= 11 is 6.11. The second-order valence-corrected chi connectivity index (χ2v) is 8.68. The first-order chi connectivity index (χ1) is 13.7. The number of carbonyl (C=O) groups excluding carboxylic acids is 2. The highest BCUT2D eigenvalue weighted by Gasteiger charge is 2.39. The largest absolute Gasteiger partial charge is 0.466 e. The minimum absolute atomic E-state index is 0.0839. The van der Waals surface area contributed by atoms with Crippen LogP contribution in [0, 0.1) is 5.92 Å². The number of benzene rings is 1. The molecule has 7 heteroatoms. The van der Waals surface area contributed by atoms with Crippen LogP contribution < -0.4 is 0 Å². The van der Waals surface area contributed by atoms with Gasteiger partial charge < -0.3 is 14.4 Å². The fourth-order valence-electron chi connectivity index (χ4n) is 3.77. The molecule has 29 heavy (non-hydrogen) atoms. The van der Waals surface area contributed by atoms with Gasteiger partial charge in [0.2, 0.25) is 0 Å². The van der Waals surface area contributed by atoms with Crippen LogP contribution in [0.5, 0.6) is 0 Å². The highest BCUT2D eigenvalue weighted by atomic mass is 35.5. The van der Waals surface area contributed by atoms with Gasteiger partial charge in [0.1, 0.15) is 5.60 Å². The number of hydrogen-bond donors (Lipinski definition) is 0. The van der Waals surface area contributed by atoms with E-state index in [4.69, 9.17) is 21.1 Å². The zero-order valence-electron chi connectivity index (χ0n) is 17.3. The van der Waals surface area contributed by atoms with Crippen LogP contribution in [-0.2, 0) is 14.3 Å². The van der Waals surface area contributed by atoms with Crippen LogP contribution in [0.4, 0.5) is 4.79 Å². The molecule has 1 amide bonds. The van der Waals surface area contributed by atoms with Gasteiger partial charge in [-0.2, -0.15) is 0 Å². The third-order valence-corrected chi connectivity index (χ3v) is 5.23. The number of aromatic nitrogens is 1. The van der Waals surface area contributed by atoms with Crippen molar-refractivity contribution in [3.63, 3.8) is 0 Å². The van der Waals surface area contributed by atoms with Gasteiger partial charge in [0.05, 0.1) is 18.0 Å². The van der Waals surface area contributed by atoms with Crippen molar-refractivity contribution in [1.29, 1.82) is 0 Å². The molecule has 156 valence electrons. The van der Waals surface area contributed by atoms with E-state index in [9.17, 15) is 9.59 Å². The van der Waals surface area contributed by atoms with Crippen molar-refractivity contribution in [2.24, 2.45) is 5.92 Å². The summed E-state index contributed by atoms with van der Waals surface area (Å²) < 4.78 is 10.8. The van der Waals surface area contributed by atoms with Crippen LogP contribution >= 0.6 is 11.6 Å². The van der Waals surface area contributed by atoms with Gasteiger partial charge >= 0.3 is 12.1 Å². The summed E-state index contributed by atoms with van der Waals surface area (Å²) in [6.45, 7) is 8.33. The number of piperidine rings is 1. The first-order valence-electron chi connectivity index (χ1n) is 9.88. The van der Waals surface area contributed by atoms with Gasteiger partial charge in [0.25, 0.3) is 0 Å². The molecule has 2 heterocycles. The van der Waals surface area contributed by atoms with Gasteiger partial charge in [-0.05, 0) is 57.9 Å². The van der Waals surface area contributed by atoms with E-state index in [1.54, 1.807) is 18.0 Å². The first kappa shape index (κ1) is 21.4. The topological polar surface area (TPSA) is 68.7 Å². The summed E-state index contributed by atoms with van der Waals surface area (Å²) in [7, 11) is 0. The van der Waals surface area contributed by atoms with Crippen LogP contribution in [0.2, 0.25) is 5.02 Å². The Balaban J connectivity index is 1.93. The summed E-state index contributed by atoms with van der Waals surface area (Å²) in [6, 6.07) is 7.51. The molecule has 1 aromatic heterocycles. The summed E-state index contributed by atoms with van der Waals surface area (Å²) in [4.78, 5) is 31.4. The molecule has 0 radical (unpaired) electrons. The quantitative estimate of drug-likeness (QED) is 0.670. The lowest BCUT2D eigenvalue weighted by atomic mass is 9.79. The first-order valence-corrected chi connectivity index (χ1v) is 10.3. The molecule has 0 spiro atoms. The SMILES string of the molecule is CCOC(=O)C1CN(C(=O)OC(C)(C)C)CCC1c1ccnc2cc(Cl)ccc12. The normalized spacial score (nSPS) is 19.8. The third-order valence-electron chi connectivity index (χ3n) is 4.99. The van der Waals surface area contributed by atoms with E-state index >= 15 is 0 Å². The molecule has 1 aromatic carbocycles. The summed E-state index contributed by atoms with van der Waals surface area (Å²) in [5.74, 6) is -0.860. The van der Waals surface area contributed by atoms with Crippen LogP contribution in [0.1, 0.15) is 45.6 Å². The lowest BCUT2D eigenvalue weighted by Gasteiger charge is -2.38. The van der Waals surface area contributed by atoms with Crippen molar-refractivity contribution in [3.05, 3.63) is 41.0 Å². The zero-order valence-corrected chi connectivity index (χ0v) is 18.0. The van der Waals surface area contributed by atoms with Crippen LogP contribution in [0.25, 0.3) is 10.9 Å². The average molecular weight is 419 g/mol. The Hall–Kier alpha value is -2.34. The van der Waals surface area contributed by atoms with Crippen LogP contribution in [0.3, 0.4) is 0 Å². The van der Waals surface area contributed by atoms with Gasteiger partial charge in [0, 0.05) is 35.6 Å². The molecule has 3 rings (SSSR count).